The van der Waals surface area contributed by atoms with E-state index >= 15 is 0 Å². The third-order valence-corrected chi connectivity index (χ3v) is 6.90. The van der Waals surface area contributed by atoms with Gasteiger partial charge >= 0.3 is 0 Å². The van der Waals surface area contributed by atoms with Crippen molar-refractivity contribution in [3.05, 3.63) is 98.4 Å². The van der Waals surface area contributed by atoms with Crippen molar-refractivity contribution in [2.45, 2.75) is 20.5 Å². The Morgan fingerprint density at radius 3 is 2.40 bits per heavy atom. The third kappa shape index (κ3) is 6.41. The highest BCUT2D eigenvalue weighted by Crippen LogP contribution is 2.32. The summed E-state index contributed by atoms with van der Waals surface area (Å²) in [6.45, 7) is 4.04. The van der Waals surface area contributed by atoms with E-state index in [1.807, 2.05) is 74.5 Å². The summed E-state index contributed by atoms with van der Waals surface area (Å²) >= 11 is 4.24. The quantitative estimate of drug-likeness (QED) is 0.348. The maximum Gasteiger partial charge on any atom is 0.294 e. The first-order chi connectivity index (χ1) is 16.8. The summed E-state index contributed by atoms with van der Waals surface area (Å²) in [7, 11) is 0. The minimum atomic E-state index is -0.481. The summed E-state index contributed by atoms with van der Waals surface area (Å²) in [4.78, 5) is 38.8. The average Bonchev–Trinajstić information content (AvgIpc) is 3.09. The van der Waals surface area contributed by atoms with Crippen LogP contribution < -0.4 is 10.1 Å². The molecule has 0 atom stereocenters. The van der Waals surface area contributed by atoms with Crippen molar-refractivity contribution < 1.29 is 19.1 Å². The molecule has 178 valence electrons. The first kappa shape index (κ1) is 24.8. The number of nitrogens with one attached hydrogen (secondary N) is 1. The van der Waals surface area contributed by atoms with Crippen molar-refractivity contribution in [3.8, 4) is 5.75 Å². The number of rotatable bonds is 7. The molecule has 1 fully saturated rings. The molecule has 3 aromatic carbocycles. The lowest BCUT2D eigenvalue weighted by atomic mass is 10.1. The van der Waals surface area contributed by atoms with Crippen LogP contribution in [0.5, 0.6) is 5.75 Å². The number of ether oxygens (including phenoxy) is 1. The number of carbonyl (C=O) groups excluding carboxylic acids is 3. The molecule has 1 N–H and O–H groups in total. The van der Waals surface area contributed by atoms with Crippen LogP contribution in [-0.4, -0.2) is 28.5 Å². The Hall–Kier alpha value is -3.36. The molecule has 6 nitrogen and oxygen atoms in total. The van der Waals surface area contributed by atoms with Crippen molar-refractivity contribution in [2.24, 2.45) is 0 Å². The summed E-state index contributed by atoms with van der Waals surface area (Å²) < 4.78 is 6.81. The highest BCUT2D eigenvalue weighted by atomic mass is 79.9. The monoisotopic (exact) mass is 550 g/mol. The predicted molar refractivity (Wildman–Crippen MR) is 142 cm³/mol. The van der Waals surface area contributed by atoms with Gasteiger partial charge in [0.15, 0.2) is 0 Å². The highest BCUT2D eigenvalue weighted by molar-refractivity contribution is 9.10. The molecule has 8 heteroatoms. The van der Waals surface area contributed by atoms with Crippen molar-refractivity contribution in [1.82, 2.24) is 4.90 Å². The van der Waals surface area contributed by atoms with E-state index in [0.29, 0.717) is 18.0 Å². The van der Waals surface area contributed by atoms with Crippen LogP contribution in [0.3, 0.4) is 0 Å². The molecule has 0 aliphatic carbocycles. The molecule has 4 rings (SSSR count). The lowest BCUT2D eigenvalue weighted by Gasteiger charge is -2.13. The number of thioether (sulfide) groups is 1. The van der Waals surface area contributed by atoms with Crippen LogP contribution in [0.15, 0.2) is 76.1 Å². The normalized spacial score (nSPS) is 14.5. The van der Waals surface area contributed by atoms with Gasteiger partial charge in [-0.3, -0.25) is 19.3 Å². The van der Waals surface area contributed by atoms with E-state index < -0.39 is 17.1 Å². The Morgan fingerprint density at radius 2 is 1.71 bits per heavy atom. The van der Waals surface area contributed by atoms with Gasteiger partial charge in [-0.25, -0.2) is 0 Å². The molecule has 0 radical (unpaired) electrons. The molecule has 35 heavy (non-hydrogen) atoms. The van der Waals surface area contributed by atoms with Gasteiger partial charge in [-0.1, -0.05) is 46.3 Å². The van der Waals surface area contributed by atoms with Gasteiger partial charge in [-0.05, 0) is 90.3 Å². The van der Waals surface area contributed by atoms with Crippen molar-refractivity contribution in [2.75, 3.05) is 11.9 Å². The van der Waals surface area contributed by atoms with Crippen LogP contribution in [0.2, 0.25) is 0 Å². The number of halogens is 1. The smallest absolute Gasteiger partial charge is 0.294 e. The molecule has 0 saturated carbocycles. The van der Waals surface area contributed by atoms with Gasteiger partial charge in [-0.15, -0.1) is 0 Å². The van der Waals surface area contributed by atoms with Crippen LogP contribution in [0.25, 0.3) is 6.08 Å². The minimum Gasteiger partial charge on any atom is -0.489 e. The fourth-order valence-corrected chi connectivity index (χ4v) is 4.46. The number of carbonyl (C=O) groups is 3. The molecule has 1 heterocycles. The Balaban J connectivity index is 1.35. The van der Waals surface area contributed by atoms with Crippen LogP contribution >= 0.6 is 27.7 Å². The first-order valence-corrected chi connectivity index (χ1v) is 12.5. The van der Waals surface area contributed by atoms with E-state index in [2.05, 4.69) is 21.2 Å². The molecule has 1 saturated heterocycles. The van der Waals surface area contributed by atoms with Gasteiger partial charge in [0, 0.05) is 10.2 Å². The van der Waals surface area contributed by atoms with Crippen LogP contribution in [0.1, 0.15) is 22.3 Å². The van der Waals surface area contributed by atoms with Gasteiger partial charge in [0.05, 0.1) is 4.91 Å². The van der Waals surface area contributed by atoms with E-state index in [0.717, 1.165) is 43.4 Å². The number of nitrogens with zero attached hydrogens (tertiary/aromatic N) is 1. The molecule has 3 aromatic rings. The van der Waals surface area contributed by atoms with Crippen LogP contribution in [-0.2, 0) is 16.2 Å². The van der Waals surface area contributed by atoms with E-state index in [9.17, 15) is 14.4 Å². The Labute approximate surface area is 216 Å². The van der Waals surface area contributed by atoms with Gasteiger partial charge in [0.1, 0.15) is 18.9 Å². The molecule has 0 bridgehead atoms. The van der Waals surface area contributed by atoms with Gasteiger partial charge in [0.2, 0.25) is 5.91 Å². The number of amides is 3. The topological polar surface area (TPSA) is 75.7 Å². The second-order valence-electron chi connectivity index (χ2n) is 8.10. The fourth-order valence-electron chi connectivity index (χ4n) is 3.36. The molecule has 0 spiro atoms. The summed E-state index contributed by atoms with van der Waals surface area (Å²) in [5.41, 5.74) is 4.59. The SMILES string of the molecule is Cc1ccc(NC(=O)CN2C(=O)S/C(=C/c3ccc(OCc4ccc(Br)cc4)cc3)C2=O)cc1C. The summed E-state index contributed by atoms with van der Waals surface area (Å²) in [5, 5.41) is 2.28. The lowest BCUT2D eigenvalue weighted by molar-refractivity contribution is -0.127. The number of hydrogen-bond donors (Lipinski definition) is 1. The van der Waals surface area contributed by atoms with Crippen molar-refractivity contribution in [1.29, 1.82) is 0 Å². The standard InChI is InChI=1S/C27H23BrN2O4S/c1-17-3-10-22(13-18(17)2)29-25(31)15-30-26(32)24(35-27(30)33)14-19-6-11-23(12-7-19)34-16-20-4-8-21(28)9-5-20/h3-14H,15-16H2,1-2H3,(H,29,31)/b24-14+. The Kier molecular flexibility index (Phi) is 7.73. The fraction of sp³-hybridized carbons (Fsp3) is 0.148. The molecule has 1 aliphatic heterocycles. The Bertz CT molecular complexity index is 1300. The molecular weight excluding hydrogens is 528 g/mol. The lowest BCUT2D eigenvalue weighted by Crippen LogP contribution is -2.36. The predicted octanol–water partition coefficient (Wildman–Crippen LogP) is 6.32. The second kappa shape index (κ2) is 10.9. The van der Waals surface area contributed by atoms with E-state index in [4.69, 9.17) is 4.74 Å². The van der Waals surface area contributed by atoms with E-state index in [1.54, 1.807) is 12.1 Å². The summed E-state index contributed by atoms with van der Waals surface area (Å²) in [6.07, 6.45) is 1.64. The van der Waals surface area contributed by atoms with Crippen molar-refractivity contribution >= 4 is 56.5 Å². The molecule has 0 aromatic heterocycles. The van der Waals surface area contributed by atoms with E-state index in [1.165, 1.54) is 0 Å². The molecular formula is C27H23BrN2O4S. The zero-order valence-corrected chi connectivity index (χ0v) is 21.6. The summed E-state index contributed by atoms with van der Waals surface area (Å²) in [5.74, 6) is -0.212. The number of imide groups is 1. The number of hydrogen-bond acceptors (Lipinski definition) is 5. The average molecular weight is 551 g/mol. The first-order valence-electron chi connectivity index (χ1n) is 10.9. The van der Waals surface area contributed by atoms with Crippen molar-refractivity contribution in [3.63, 3.8) is 0 Å². The van der Waals surface area contributed by atoms with Crippen LogP contribution in [0, 0.1) is 13.8 Å². The molecule has 1 aliphatic rings. The number of benzene rings is 3. The summed E-state index contributed by atoms with van der Waals surface area (Å²) in [6, 6.07) is 20.7. The molecule has 3 amide bonds. The number of anilines is 1. The third-order valence-electron chi connectivity index (χ3n) is 5.46. The highest BCUT2D eigenvalue weighted by Gasteiger charge is 2.36. The second-order valence-corrected chi connectivity index (χ2v) is 10.0. The van der Waals surface area contributed by atoms with Gasteiger partial charge in [-0.2, -0.15) is 0 Å². The number of aryl methyl sites for hydroxylation is 2. The zero-order chi connectivity index (χ0) is 24.9. The van der Waals surface area contributed by atoms with Crippen LogP contribution in [0.4, 0.5) is 10.5 Å². The van der Waals surface area contributed by atoms with Gasteiger partial charge < -0.3 is 10.1 Å². The van der Waals surface area contributed by atoms with E-state index in [-0.39, 0.29) is 11.4 Å². The maximum absolute atomic E-state index is 12.8. The Morgan fingerprint density at radius 1 is 1.00 bits per heavy atom. The molecule has 0 unspecified atom stereocenters. The van der Waals surface area contributed by atoms with Gasteiger partial charge in [0.25, 0.3) is 11.1 Å². The minimum absolute atomic E-state index is 0.275. The largest absolute Gasteiger partial charge is 0.489 e. The zero-order valence-electron chi connectivity index (χ0n) is 19.2. The maximum atomic E-state index is 12.8.